The van der Waals surface area contributed by atoms with Crippen molar-refractivity contribution in [2.45, 2.75) is 39.5 Å². The van der Waals surface area contributed by atoms with E-state index >= 15 is 0 Å². The molecule has 3 heteroatoms. The molecule has 0 aliphatic carbocycles. The molecule has 1 heterocycles. The molecule has 0 saturated heterocycles. The maximum Gasteiger partial charge on any atom is 0.165 e. The number of halogens is 1. The van der Waals surface area contributed by atoms with Crippen LogP contribution in [0.1, 0.15) is 49.9 Å². The van der Waals surface area contributed by atoms with Crippen molar-refractivity contribution in [1.29, 1.82) is 0 Å². The van der Waals surface area contributed by atoms with E-state index in [1.807, 2.05) is 6.07 Å². The molecule has 0 N–H and O–H groups in total. The second-order valence-electron chi connectivity index (χ2n) is 6.07. The van der Waals surface area contributed by atoms with Crippen LogP contribution in [0.4, 0.5) is 0 Å². The van der Waals surface area contributed by atoms with Crippen molar-refractivity contribution in [2.75, 3.05) is 0 Å². The highest BCUT2D eigenvalue weighted by atomic mass is 79.9. The number of Topliss-reactive ketones (excluding diaryl/α,β-unsaturated/α-hetero) is 1. The van der Waals surface area contributed by atoms with Crippen molar-refractivity contribution in [3.05, 3.63) is 46.4 Å². The Bertz CT molecular complexity index is 849. The third-order valence-corrected chi connectivity index (χ3v) is 6.13. The average Bonchev–Trinajstić information content (AvgIpc) is 2.92. The molecule has 0 fully saturated rings. The van der Waals surface area contributed by atoms with Gasteiger partial charge in [0.1, 0.15) is 0 Å². The maximum atomic E-state index is 12.8. The summed E-state index contributed by atoms with van der Waals surface area (Å²) in [5.41, 5.74) is 0.861. The summed E-state index contributed by atoms with van der Waals surface area (Å²) in [6.45, 7) is 4.30. The molecule has 0 radical (unpaired) electrons. The van der Waals surface area contributed by atoms with Gasteiger partial charge in [-0.05, 0) is 49.2 Å². The van der Waals surface area contributed by atoms with Crippen LogP contribution in [0.15, 0.2) is 40.9 Å². The normalized spacial score (nSPS) is 12.8. The minimum absolute atomic E-state index is 0.157. The van der Waals surface area contributed by atoms with Crippen molar-refractivity contribution in [2.24, 2.45) is 5.92 Å². The third-order valence-electron chi connectivity index (χ3n) is 4.49. The summed E-state index contributed by atoms with van der Waals surface area (Å²) in [5.74, 6) is 0.459. The molecule has 0 spiro atoms. The molecule has 1 atom stereocenters. The number of unbranched alkanes of at least 4 members (excludes halogenated alkanes) is 1. The van der Waals surface area contributed by atoms with Crippen molar-refractivity contribution in [3.63, 3.8) is 0 Å². The number of carbonyl (C=O) groups is 1. The summed E-state index contributed by atoms with van der Waals surface area (Å²) < 4.78 is 3.60. The smallest absolute Gasteiger partial charge is 0.165 e. The molecule has 23 heavy (non-hydrogen) atoms. The van der Waals surface area contributed by atoms with E-state index in [2.05, 4.69) is 60.1 Å². The van der Waals surface area contributed by atoms with Crippen LogP contribution < -0.4 is 0 Å². The lowest BCUT2D eigenvalue weighted by Crippen LogP contribution is -2.13. The number of carbonyl (C=O) groups excluding carboxylic acids is 1. The zero-order valence-electron chi connectivity index (χ0n) is 13.6. The van der Waals surface area contributed by atoms with Crippen molar-refractivity contribution < 1.29 is 4.79 Å². The van der Waals surface area contributed by atoms with Gasteiger partial charge in [-0.15, -0.1) is 11.3 Å². The van der Waals surface area contributed by atoms with E-state index in [0.717, 1.165) is 35.7 Å². The molecule has 3 rings (SSSR count). The summed E-state index contributed by atoms with van der Waals surface area (Å²) >= 11 is 5.34. The fraction of sp³-hybridized carbons (Fsp3) is 0.350. The van der Waals surface area contributed by atoms with Gasteiger partial charge in [0.2, 0.25) is 0 Å². The van der Waals surface area contributed by atoms with Gasteiger partial charge in [-0.2, -0.15) is 0 Å². The van der Waals surface area contributed by atoms with Crippen LogP contribution in [-0.4, -0.2) is 5.78 Å². The molecule has 0 amide bonds. The first-order valence-corrected chi connectivity index (χ1v) is 9.91. The summed E-state index contributed by atoms with van der Waals surface area (Å²) in [4.78, 5) is 12.8. The fourth-order valence-corrected chi connectivity index (χ4v) is 4.54. The molecule has 1 nitrogen and oxygen atoms in total. The standard InChI is InChI=1S/C20H21BrOS/c1-3-5-6-13(4-2)20(22)14-7-9-18-16(11-14)17-12-15(21)8-10-19(17)23-18/h7-13H,3-6H2,1-2H3. The van der Waals surface area contributed by atoms with Gasteiger partial charge in [-0.3, -0.25) is 4.79 Å². The van der Waals surface area contributed by atoms with E-state index in [1.54, 1.807) is 11.3 Å². The zero-order valence-corrected chi connectivity index (χ0v) is 16.0. The summed E-state index contributed by atoms with van der Waals surface area (Å²) in [6, 6.07) is 12.6. The van der Waals surface area contributed by atoms with Gasteiger partial charge in [0.25, 0.3) is 0 Å². The lowest BCUT2D eigenvalue weighted by atomic mass is 9.90. The Morgan fingerprint density at radius 3 is 2.48 bits per heavy atom. The van der Waals surface area contributed by atoms with Gasteiger partial charge in [-0.25, -0.2) is 0 Å². The van der Waals surface area contributed by atoms with Gasteiger partial charge in [0.05, 0.1) is 0 Å². The van der Waals surface area contributed by atoms with E-state index in [1.165, 1.54) is 20.2 Å². The summed E-state index contributed by atoms with van der Waals surface area (Å²) in [5, 5.41) is 2.43. The van der Waals surface area contributed by atoms with Crippen molar-refractivity contribution in [1.82, 2.24) is 0 Å². The Labute approximate surface area is 149 Å². The summed E-state index contributed by atoms with van der Waals surface area (Å²) in [6.07, 6.45) is 4.19. The van der Waals surface area contributed by atoms with Gasteiger partial charge in [0.15, 0.2) is 5.78 Å². The van der Waals surface area contributed by atoms with Gasteiger partial charge >= 0.3 is 0 Å². The first kappa shape index (κ1) is 16.7. The van der Waals surface area contributed by atoms with Crippen LogP contribution in [-0.2, 0) is 0 Å². The maximum absolute atomic E-state index is 12.8. The minimum Gasteiger partial charge on any atom is -0.294 e. The predicted molar refractivity (Wildman–Crippen MR) is 105 cm³/mol. The first-order chi connectivity index (χ1) is 11.1. The quantitative estimate of drug-likeness (QED) is 0.407. The SMILES string of the molecule is CCCCC(CC)C(=O)c1ccc2sc3ccc(Br)cc3c2c1. The Morgan fingerprint density at radius 2 is 1.78 bits per heavy atom. The van der Waals surface area contributed by atoms with Crippen molar-refractivity contribution >= 4 is 53.2 Å². The molecule has 1 aromatic heterocycles. The molecule has 0 bridgehead atoms. The number of hydrogen-bond donors (Lipinski definition) is 0. The predicted octanol–water partition coefficient (Wildman–Crippen LogP) is 7.22. The minimum atomic E-state index is 0.157. The first-order valence-electron chi connectivity index (χ1n) is 8.30. The number of fused-ring (bicyclic) bond motifs is 3. The van der Waals surface area contributed by atoms with E-state index in [9.17, 15) is 4.79 Å². The average molecular weight is 389 g/mol. The number of thiophene rings is 1. The van der Waals surface area contributed by atoms with Gasteiger partial charge in [0, 0.05) is 36.1 Å². The number of benzene rings is 2. The van der Waals surface area contributed by atoms with E-state index < -0.39 is 0 Å². The highest BCUT2D eigenvalue weighted by Gasteiger charge is 2.18. The van der Waals surface area contributed by atoms with Crippen molar-refractivity contribution in [3.8, 4) is 0 Å². The van der Waals surface area contributed by atoms with Crippen LogP contribution in [0, 0.1) is 5.92 Å². The van der Waals surface area contributed by atoms with E-state index in [0.29, 0.717) is 5.78 Å². The van der Waals surface area contributed by atoms with Crippen LogP contribution in [0.5, 0.6) is 0 Å². The number of hydrogen-bond acceptors (Lipinski definition) is 2. The number of ketones is 1. The monoisotopic (exact) mass is 388 g/mol. The Hall–Kier alpha value is -1.19. The van der Waals surface area contributed by atoms with E-state index in [-0.39, 0.29) is 5.92 Å². The molecular weight excluding hydrogens is 368 g/mol. The second-order valence-corrected chi connectivity index (χ2v) is 8.06. The molecule has 0 aliphatic rings. The van der Waals surface area contributed by atoms with Crippen LogP contribution in [0.25, 0.3) is 20.2 Å². The molecule has 2 aromatic carbocycles. The molecule has 1 unspecified atom stereocenters. The second kappa shape index (κ2) is 7.14. The highest BCUT2D eigenvalue weighted by Crippen LogP contribution is 2.36. The topological polar surface area (TPSA) is 17.1 Å². The molecule has 0 saturated carbocycles. The van der Waals surface area contributed by atoms with E-state index in [4.69, 9.17) is 0 Å². The van der Waals surface area contributed by atoms with Crippen LogP contribution in [0.2, 0.25) is 0 Å². The fourth-order valence-electron chi connectivity index (χ4n) is 3.11. The highest BCUT2D eigenvalue weighted by molar-refractivity contribution is 9.10. The third kappa shape index (κ3) is 3.36. The Balaban J connectivity index is 2.03. The molecule has 3 aromatic rings. The largest absolute Gasteiger partial charge is 0.294 e. The molecule has 0 aliphatic heterocycles. The molecule has 120 valence electrons. The van der Waals surface area contributed by atoms with Gasteiger partial charge < -0.3 is 0 Å². The van der Waals surface area contributed by atoms with Crippen LogP contribution >= 0.6 is 27.3 Å². The Kier molecular flexibility index (Phi) is 5.17. The van der Waals surface area contributed by atoms with Crippen LogP contribution in [0.3, 0.4) is 0 Å². The number of rotatable bonds is 6. The zero-order chi connectivity index (χ0) is 16.4. The molecular formula is C20H21BrOS. The lowest BCUT2D eigenvalue weighted by molar-refractivity contribution is 0.0908. The lowest BCUT2D eigenvalue weighted by Gasteiger charge is -2.13. The van der Waals surface area contributed by atoms with Gasteiger partial charge in [-0.1, -0.05) is 42.6 Å². The Morgan fingerprint density at radius 1 is 1.09 bits per heavy atom. The summed E-state index contributed by atoms with van der Waals surface area (Å²) in [7, 11) is 0.